The predicted octanol–water partition coefficient (Wildman–Crippen LogP) is 25.2. The van der Waals surface area contributed by atoms with Gasteiger partial charge in [0.1, 0.15) is 0 Å². The Morgan fingerprint density at radius 3 is 0.867 bits per heavy atom. The number of imidazole rings is 3. The Labute approximate surface area is 661 Å². The number of hydrogen-bond acceptors (Lipinski definition) is 3. The van der Waals surface area contributed by atoms with E-state index in [1.165, 1.54) is 236 Å². The van der Waals surface area contributed by atoms with Crippen molar-refractivity contribution in [1.82, 2.24) is 28.7 Å². The zero-order valence-corrected chi connectivity index (χ0v) is 67.9. The van der Waals surface area contributed by atoms with Gasteiger partial charge in [0.25, 0.3) is 0 Å². The van der Waals surface area contributed by atoms with Gasteiger partial charge in [-0.15, -0.1) is 89.5 Å². The molecule has 0 unspecified atom stereocenters. The molecule has 0 atom stereocenters. The third-order valence-electron chi connectivity index (χ3n) is 21.6. The number of benzene rings is 9. The Morgan fingerprint density at radius 2 is 0.600 bits per heavy atom. The van der Waals surface area contributed by atoms with Gasteiger partial charge in [0, 0.05) is 132 Å². The molecule has 12 aromatic rings. The van der Waals surface area contributed by atoms with Gasteiger partial charge in [-0.3, -0.25) is 28.1 Å². The number of hydrogen-bond donors (Lipinski definition) is 0. The van der Waals surface area contributed by atoms with E-state index in [4.69, 9.17) is 9.97 Å². The minimum absolute atomic E-state index is 0. The third kappa shape index (κ3) is 18.7. The van der Waals surface area contributed by atoms with Gasteiger partial charge in [-0.05, 0) is 203 Å². The molecule has 4 fully saturated rings. The quantitative estimate of drug-likeness (QED) is 0.0854. The van der Waals surface area contributed by atoms with Crippen LogP contribution in [-0.2, 0) is 73.2 Å². The number of halogens is 3. The Hall–Kier alpha value is -7.65. The topological polar surface area (TPSA) is 53.5 Å². The first-order valence-corrected chi connectivity index (χ1v) is 37.8. The van der Waals surface area contributed by atoms with Crippen LogP contribution >= 0.6 is 0 Å². The fourth-order valence-corrected chi connectivity index (χ4v) is 16.8. The van der Waals surface area contributed by atoms with Crippen molar-refractivity contribution in [3.05, 3.63) is 288 Å². The molecule has 0 amide bonds. The maximum Gasteiger partial charge on any atom is 0.0602 e. The van der Waals surface area contributed by atoms with Crippen LogP contribution in [0.15, 0.2) is 219 Å². The summed E-state index contributed by atoms with van der Waals surface area (Å²) in [5.74, 6) is 4.88. The normalized spacial score (nSPS) is 14.9. The molecule has 9 aromatic carbocycles. The summed E-state index contributed by atoms with van der Waals surface area (Å²) in [7, 11) is 0. The van der Waals surface area contributed by atoms with Crippen LogP contribution in [0, 0.1) is 47.5 Å². The number of aromatic nitrogens is 6. The van der Waals surface area contributed by atoms with Crippen LogP contribution in [0.5, 0.6) is 0 Å². The Morgan fingerprint density at radius 1 is 0.333 bits per heavy atom. The van der Waals surface area contributed by atoms with Crippen molar-refractivity contribution in [1.29, 1.82) is 0 Å². The molecule has 0 bridgehead atoms. The molecule has 4 aliphatic rings. The van der Waals surface area contributed by atoms with E-state index < -0.39 is 0 Å². The van der Waals surface area contributed by atoms with Crippen LogP contribution in [0.2, 0.25) is 0 Å². The van der Waals surface area contributed by atoms with Gasteiger partial charge >= 0.3 is 0 Å². The van der Waals surface area contributed by atoms with Crippen LogP contribution in [0.25, 0.3) is 84.6 Å². The van der Waals surface area contributed by atoms with Crippen LogP contribution in [0.1, 0.15) is 200 Å². The SMILES string of the molecule is CC(C)Cc1cc(-c2ccccc2)cc(CC(C)C)c1-n1ccnc1-c1[c-]cc(F)cc1.Fc1c[c-]c(-c2nccn2-c2c(C3CCCC3)cc(-c3ccccc3)cc2C2CCCC2)cc1.Fc1c[c-]c(-c2nccn2-c2c(C3CCCCC3)cc(-c3ccccc3)cc2C2CCCCC2)cc1.[Ir].[Ir].[Ir]. The standard InChI is InChI=1S/C33H34FN2.C31H30FN2.C29H30FN2.3Ir/c34-29-18-16-27(17-19-29)33-35-20-21-36(33)32-30(25-12-6-2-7-13-25)22-28(24-10-4-1-5-11-24)23-31(32)26-14-8-3-9-15-26;32-27-16-14-25(15-17-27)31-33-18-19-34(31)30-28(23-10-4-5-11-23)20-26(22-8-2-1-3-9-22)21-29(30)24-12-6-7-13-24;1-20(2)16-25-18-24(22-8-6-5-7-9-22)19-26(17-21(3)4)28(25)32-15-14-31-29(32)23-10-12-27(30)13-11-23;;;/h1,4-5,10-11,16,18-23,25-26H,2-3,6-9,12-15H2;1-3,8-9,14,16-21,23-24H,4-7,10-13H2;5-10,12-15,18-21H,16-17H2,1-4H3;;;/q3*-1;;;. The summed E-state index contributed by atoms with van der Waals surface area (Å²) in [6, 6.07) is 70.0. The van der Waals surface area contributed by atoms with Gasteiger partial charge in [-0.1, -0.05) is 183 Å². The molecule has 0 spiro atoms. The summed E-state index contributed by atoms with van der Waals surface area (Å²) >= 11 is 0. The molecular weight excluding hydrogens is 1830 g/mol. The average Bonchev–Trinajstić information content (AvgIpc) is 1.07. The van der Waals surface area contributed by atoms with Gasteiger partial charge in [0.05, 0.1) is 17.5 Å². The monoisotopic (exact) mass is 1930 g/mol. The first kappa shape index (κ1) is 78.4. The van der Waals surface area contributed by atoms with Crippen LogP contribution in [0.3, 0.4) is 0 Å². The molecule has 16 rings (SSSR count). The zero-order valence-electron chi connectivity index (χ0n) is 60.7. The van der Waals surface area contributed by atoms with Crippen molar-refractivity contribution in [3.63, 3.8) is 0 Å². The molecule has 6 nitrogen and oxygen atoms in total. The number of nitrogens with zero attached hydrogens (tertiary/aromatic N) is 6. The molecule has 3 radical (unpaired) electrons. The summed E-state index contributed by atoms with van der Waals surface area (Å²) in [4.78, 5) is 14.1. The fraction of sp³-hybridized carbons (Fsp3) is 0.323. The molecule has 105 heavy (non-hydrogen) atoms. The molecule has 0 saturated heterocycles. The van der Waals surface area contributed by atoms with Gasteiger partial charge in [0.15, 0.2) is 0 Å². The van der Waals surface area contributed by atoms with Crippen LogP contribution in [0.4, 0.5) is 13.2 Å². The Kier molecular flexibility index (Phi) is 27.8. The predicted molar refractivity (Wildman–Crippen MR) is 411 cm³/mol. The second-order valence-electron chi connectivity index (χ2n) is 29.7. The summed E-state index contributed by atoms with van der Waals surface area (Å²) in [6.45, 7) is 9.01. The summed E-state index contributed by atoms with van der Waals surface area (Å²) in [6.07, 6.45) is 36.6. The van der Waals surface area contributed by atoms with E-state index in [1.807, 2.05) is 24.8 Å². The Balaban J connectivity index is 0.000000156. The van der Waals surface area contributed by atoms with Crippen LogP contribution < -0.4 is 0 Å². The molecule has 0 N–H and O–H groups in total. The van der Waals surface area contributed by atoms with Crippen LogP contribution in [-0.4, -0.2) is 28.7 Å². The fourth-order valence-electron chi connectivity index (χ4n) is 16.8. The van der Waals surface area contributed by atoms with Crippen molar-refractivity contribution in [3.8, 4) is 84.6 Å². The van der Waals surface area contributed by atoms with E-state index in [-0.39, 0.29) is 77.8 Å². The molecule has 3 heterocycles. The summed E-state index contributed by atoms with van der Waals surface area (Å²) < 4.78 is 47.6. The maximum atomic E-state index is 13.7. The minimum Gasteiger partial charge on any atom is -0.340 e. The van der Waals surface area contributed by atoms with Crippen molar-refractivity contribution >= 4 is 0 Å². The van der Waals surface area contributed by atoms with Gasteiger partial charge in [0.2, 0.25) is 0 Å². The van der Waals surface area contributed by atoms with Crippen molar-refractivity contribution in [2.45, 2.75) is 180 Å². The van der Waals surface area contributed by atoms with Gasteiger partial charge in [-0.25, -0.2) is 0 Å². The van der Waals surface area contributed by atoms with Gasteiger partial charge in [-0.2, -0.15) is 0 Å². The molecule has 547 valence electrons. The zero-order chi connectivity index (χ0) is 69.9. The van der Waals surface area contributed by atoms with E-state index in [0.717, 1.165) is 47.0 Å². The average molecular weight is 1930 g/mol. The van der Waals surface area contributed by atoms with E-state index >= 15 is 0 Å². The summed E-state index contributed by atoms with van der Waals surface area (Å²) in [5, 5.41) is 0. The van der Waals surface area contributed by atoms with Gasteiger partial charge < -0.3 is 13.7 Å². The molecule has 0 aliphatic heterocycles. The van der Waals surface area contributed by atoms with Crippen molar-refractivity contribution in [2.24, 2.45) is 11.8 Å². The first-order valence-electron chi connectivity index (χ1n) is 37.8. The van der Waals surface area contributed by atoms with E-state index in [0.29, 0.717) is 35.5 Å². The Bertz CT molecular complexity index is 4590. The maximum absolute atomic E-state index is 13.7. The third-order valence-corrected chi connectivity index (χ3v) is 21.6. The van der Waals surface area contributed by atoms with E-state index in [9.17, 15) is 13.2 Å². The molecule has 12 heteroatoms. The van der Waals surface area contributed by atoms with E-state index in [1.54, 1.807) is 18.2 Å². The molecular formula is C93H94F3Ir3N6-3. The first-order chi connectivity index (χ1) is 50.0. The molecule has 4 saturated carbocycles. The summed E-state index contributed by atoms with van der Waals surface area (Å²) in [5.41, 5.74) is 22.4. The second kappa shape index (κ2) is 37.2. The minimum atomic E-state index is -0.292. The van der Waals surface area contributed by atoms with E-state index in [2.05, 4.69) is 204 Å². The van der Waals surface area contributed by atoms with Crippen molar-refractivity contribution in [2.75, 3.05) is 0 Å². The molecule has 4 aliphatic carbocycles. The number of rotatable bonds is 17. The van der Waals surface area contributed by atoms with Crippen molar-refractivity contribution < 1.29 is 73.5 Å². The largest absolute Gasteiger partial charge is 0.340 e. The second-order valence-corrected chi connectivity index (χ2v) is 29.7. The smallest absolute Gasteiger partial charge is 0.0602 e. The molecule has 3 aromatic heterocycles.